The van der Waals surface area contributed by atoms with Crippen LogP contribution in [0.4, 0.5) is 0 Å². The number of aryl methyl sites for hydroxylation is 2. The second-order valence-corrected chi connectivity index (χ2v) is 7.25. The van der Waals surface area contributed by atoms with Crippen LogP contribution in [0.15, 0.2) is 16.9 Å². The van der Waals surface area contributed by atoms with Crippen molar-refractivity contribution in [2.75, 3.05) is 13.1 Å². The number of carbonyl (C=O) groups is 1. The maximum atomic E-state index is 12.6. The van der Waals surface area contributed by atoms with E-state index >= 15 is 0 Å². The van der Waals surface area contributed by atoms with E-state index in [0.717, 1.165) is 46.5 Å². The van der Waals surface area contributed by atoms with Gasteiger partial charge in [0.2, 0.25) is 0 Å². The number of amides is 1. The summed E-state index contributed by atoms with van der Waals surface area (Å²) in [6, 6.07) is 0.378. The molecule has 2 aromatic rings. The molecule has 0 unspecified atom stereocenters. The van der Waals surface area contributed by atoms with Gasteiger partial charge < -0.3 is 4.90 Å². The number of aromatic nitrogens is 3. The van der Waals surface area contributed by atoms with Crippen LogP contribution in [-0.4, -0.2) is 38.1 Å². The van der Waals surface area contributed by atoms with Crippen LogP contribution >= 0.6 is 27.5 Å². The first-order valence-corrected chi connectivity index (χ1v) is 8.54. The summed E-state index contributed by atoms with van der Waals surface area (Å²) in [5.41, 5.74) is 1.64. The molecule has 3 rings (SSSR count). The zero-order valence-corrected chi connectivity index (χ0v) is 14.4. The van der Waals surface area contributed by atoms with Gasteiger partial charge >= 0.3 is 0 Å². The topological polar surface area (TPSA) is 51.0 Å². The zero-order chi connectivity index (χ0) is 15.0. The molecule has 0 saturated carbocycles. The van der Waals surface area contributed by atoms with Crippen molar-refractivity contribution >= 4 is 33.4 Å². The monoisotopic (exact) mass is 368 g/mol. The van der Waals surface area contributed by atoms with Crippen LogP contribution in [-0.2, 0) is 0 Å². The Kier molecular flexibility index (Phi) is 4.12. The highest BCUT2D eigenvalue weighted by molar-refractivity contribution is 9.10. The van der Waals surface area contributed by atoms with Gasteiger partial charge in [-0.3, -0.25) is 9.48 Å². The van der Waals surface area contributed by atoms with Crippen molar-refractivity contribution in [3.63, 3.8) is 0 Å². The Hall–Kier alpha value is -1.21. The summed E-state index contributed by atoms with van der Waals surface area (Å²) < 4.78 is 7.26. The van der Waals surface area contributed by atoms with E-state index < -0.39 is 0 Å². The van der Waals surface area contributed by atoms with Crippen molar-refractivity contribution in [3.05, 3.63) is 33.0 Å². The second kappa shape index (κ2) is 5.88. The summed E-state index contributed by atoms with van der Waals surface area (Å²) in [6.07, 6.45) is 5.69. The molecule has 112 valence electrons. The minimum absolute atomic E-state index is 0.124. The first-order chi connectivity index (χ1) is 10.1. The van der Waals surface area contributed by atoms with Crippen molar-refractivity contribution in [1.29, 1.82) is 0 Å². The van der Waals surface area contributed by atoms with Crippen LogP contribution in [0.5, 0.6) is 0 Å². The van der Waals surface area contributed by atoms with Gasteiger partial charge in [0, 0.05) is 24.2 Å². The van der Waals surface area contributed by atoms with Gasteiger partial charge in [0.25, 0.3) is 5.91 Å². The Bertz CT molecular complexity index is 638. The number of rotatable bonds is 2. The molecule has 5 nitrogen and oxygen atoms in total. The van der Waals surface area contributed by atoms with Crippen LogP contribution in [0.1, 0.15) is 39.8 Å². The summed E-state index contributed by atoms with van der Waals surface area (Å²) in [5, 5.41) is 4.35. The van der Waals surface area contributed by atoms with Gasteiger partial charge in [0.15, 0.2) is 0 Å². The van der Waals surface area contributed by atoms with E-state index in [0.29, 0.717) is 6.04 Å². The molecule has 0 aromatic carbocycles. The number of hydrogen-bond acceptors (Lipinski definition) is 4. The molecular formula is C14H17BrN4OS. The first-order valence-electron chi connectivity index (χ1n) is 6.98. The van der Waals surface area contributed by atoms with Crippen LogP contribution < -0.4 is 0 Å². The van der Waals surface area contributed by atoms with E-state index in [2.05, 4.69) is 25.4 Å². The molecule has 1 aliphatic heterocycles. The van der Waals surface area contributed by atoms with E-state index in [9.17, 15) is 4.79 Å². The molecule has 1 fully saturated rings. The van der Waals surface area contributed by atoms with Gasteiger partial charge in [-0.2, -0.15) is 9.47 Å². The standard InChI is InChI=1S/C14H17BrN4OS/c1-9-13(10(2)21-17-9)14(20)18-5-3-12(4-6-18)19-8-11(15)7-16-19/h7-8,12H,3-6H2,1-2H3. The lowest BCUT2D eigenvalue weighted by Crippen LogP contribution is -2.39. The third-order valence-electron chi connectivity index (χ3n) is 3.94. The van der Waals surface area contributed by atoms with E-state index in [-0.39, 0.29) is 5.91 Å². The molecule has 3 heterocycles. The zero-order valence-electron chi connectivity index (χ0n) is 12.0. The molecule has 1 aliphatic rings. The van der Waals surface area contributed by atoms with Crippen molar-refractivity contribution < 1.29 is 4.79 Å². The van der Waals surface area contributed by atoms with Crippen molar-refractivity contribution in [2.45, 2.75) is 32.7 Å². The maximum absolute atomic E-state index is 12.6. The number of piperidine rings is 1. The highest BCUT2D eigenvalue weighted by Gasteiger charge is 2.27. The fourth-order valence-electron chi connectivity index (χ4n) is 2.79. The Morgan fingerprint density at radius 3 is 2.62 bits per heavy atom. The molecule has 1 amide bonds. The van der Waals surface area contributed by atoms with Crippen LogP contribution in [0.2, 0.25) is 0 Å². The summed E-state index contributed by atoms with van der Waals surface area (Å²) in [5.74, 6) is 0.124. The normalized spacial score (nSPS) is 16.4. The molecule has 7 heteroatoms. The summed E-state index contributed by atoms with van der Waals surface area (Å²) in [7, 11) is 0. The quantitative estimate of drug-likeness (QED) is 0.817. The molecule has 0 N–H and O–H groups in total. The van der Waals surface area contributed by atoms with Crippen molar-refractivity contribution in [2.24, 2.45) is 0 Å². The predicted octanol–water partition coefficient (Wildman–Crippen LogP) is 3.20. The Balaban J connectivity index is 1.67. The van der Waals surface area contributed by atoms with Gasteiger partial charge in [-0.25, -0.2) is 0 Å². The molecule has 0 atom stereocenters. The third kappa shape index (κ3) is 2.89. The van der Waals surface area contributed by atoms with E-state index in [4.69, 9.17) is 0 Å². The molecule has 0 spiro atoms. The lowest BCUT2D eigenvalue weighted by atomic mass is 10.0. The number of hydrogen-bond donors (Lipinski definition) is 0. The fraction of sp³-hybridized carbons (Fsp3) is 0.500. The van der Waals surface area contributed by atoms with E-state index in [1.807, 2.05) is 29.6 Å². The highest BCUT2D eigenvalue weighted by Crippen LogP contribution is 2.26. The lowest BCUT2D eigenvalue weighted by molar-refractivity contribution is 0.0689. The van der Waals surface area contributed by atoms with Gasteiger partial charge in [0.05, 0.1) is 28.0 Å². The highest BCUT2D eigenvalue weighted by atomic mass is 79.9. The lowest BCUT2D eigenvalue weighted by Gasteiger charge is -2.32. The fourth-order valence-corrected chi connectivity index (χ4v) is 3.79. The SMILES string of the molecule is Cc1nsc(C)c1C(=O)N1CCC(n2cc(Br)cn2)CC1. The smallest absolute Gasteiger partial charge is 0.256 e. The summed E-state index contributed by atoms with van der Waals surface area (Å²) >= 11 is 4.83. The molecular weight excluding hydrogens is 352 g/mol. The largest absolute Gasteiger partial charge is 0.338 e. The maximum Gasteiger partial charge on any atom is 0.256 e. The number of halogens is 1. The average molecular weight is 369 g/mol. The third-order valence-corrected chi connectivity index (χ3v) is 5.20. The summed E-state index contributed by atoms with van der Waals surface area (Å²) in [4.78, 5) is 15.6. The Morgan fingerprint density at radius 1 is 1.38 bits per heavy atom. The van der Waals surface area contributed by atoms with Gasteiger partial charge in [0.1, 0.15) is 0 Å². The minimum Gasteiger partial charge on any atom is -0.338 e. The average Bonchev–Trinajstić information content (AvgIpc) is 3.05. The Labute approximate surface area is 136 Å². The van der Waals surface area contributed by atoms with Gasteiger partial charge in [-0.05, 0) is 54.2 Å². The first kappa shape index (κ1) is 14.7. The molecule has 0 aliphatic carbocycles. The predicted molar refractivity (Wildman–Crippen MR) is 85.7 cm³/mol. The van der Waals surface area contributed by atoms with E-state index in [1.54, 1.807) is 6.20 Å². The molecule has 0 bridgehead atoms. The molecule has 2 aromatic heterocycles. The number of likely N-dealkylation sites (tertiary alicyclic amines) is 1. The Morgan fingerprint density at radius 2 is 2.10 bits per heavy atom. The van der Waals surface area contributed by atoms with Crippen LogP contribution in [0.3, 0.4) is 0 Å². The molecule has 0 radical (unpaired) electrons. The number of nitrogens with zero attached hydrogens (tertiary/aromatic N) is 4. The van der Waals surface area contributed by atoms with Gasteiger partial charge in [-0.15, -0.1) is 0 Å². The van der Waals surface area contributed by atoms with Crippen LogP contribution in [0.25, 0.3) is 0 Å². The second-order valence-electron chi connectivity index (χ2n) is 5.36. The molecule has 21 heavy (non-hydrogen) atoms. The summed E-state index contributed by atoms with van der Waals surface area (Å²) in [6.45, 7) is 5.42. The van der Waals surface area contributed by atoms with Crippen molar-refractivity contribution in [3.8, 4) is 0 Å². The van der Waals surface area contributed by atoms with E-state index in [1.165, 1.54) is 11.5 Å². The minimum atomic E-state index is 0.124. The van der Waals surface area contributed by atoms with Crippen LogP contribution in [0, 0.1) is 13.8 Å². The number of carbonyl (C=O) groups excluding carboxylic acids is 1. The molecule has 1 saturated heterocycles. The van der Waals surface area contributed by atoms with Crippen molar-refractivity contribution in [1.82, 2.24) is 19.1 Å². The van der Waals surface area contributed by atoms with Gasteiger partial charge in [-0.1, -0.05) is 0 Å².